The maximum atomic E-state index is 11.5. The predicted octanol–water partition coefficient (Wildman–Crippen LogP) is 0.361. The molecule has 15 heavy (non-hydrogen) atoms. The molecule has 4 heteroatoms. The van der Waals surface area contributed by atoms with Crippen molar-refractivity contribution in [2.24, 2.45) is 11.7 Å². The number of methoxy groups -OCH3 is 1. The number of hydrogen-bond donors (Lipinski definition) is 1. The van der Waals surface area contributed by atoms with Gasteiger partial charge >= 0.3 is 5.97 Å². The number of fused-ring (bicyclic) bond motifs is 2. The summed E-state index contributed by atoms with van der Waals surface area (Å²) < 4.78 is 4.71. The van der Waals surface area contributed by atoms with Gasteiger partial charge in [-0.2, -0.15) is 0 Å². The van der Waals surface area contributed by atoms with Gasteiger partial charge in [0.05, 0.1) is 7.11 Å². The van der Waals surface area contributed by atoms with Gasteiger partial charge in [0.25, 0.3) is 0 Å². The third kappa shape index (κ3) is 2.01. The Morgan fingerprint density at radius 3 is 2.80 bits per heavy atom. The van der Waals surface area contributed by atoms with Crippen LogP contribution >= 0.6 is 0 Å². The fraction of sp³-hybridized carbons (Fsp3) is 0.909. The predicted molar refractivity (Wildman–Crippen MR) is 57.3 cm³/mol. The van der Waals surface area contributed by atoms with Gasteiger partial charge in [0.15, 0.2) is 0 Å². The summed E-state index contributed by atoms with van der Waals surface area (Å²) in [5.41, 5.74) is 5.10. The standard InChI is InChI=1S/C11H20N2O2/c1-11(12,10(14)15-2)7-13-6-8-3-4-9(13)5-8/h8-9H,3-7,12H2,1-2H3. The molecule has 1 aliphatic carbocycles. The molecule has 0 aromatic carbocycles. The highest BCUT2D eigenvalue weighted by Gasteiger charge is 2.42. The van der Waals surface area contributed by atoms with E-state index in [0.29, 0.717) is 12.6 Å². The summed E-state index contributed by atoms with van der Waals surface area (Å²) in [6.45, 7) is 3.49. The number of nitrogens with two attached hydrogens (primary N) is 1. The van der Waals surface area contributed by atoms with Gasteiger partial charge < -0.3 is 10.5 Å². The zero-order valence-electron chi connectivity index (χ0n) is 9.53. The van der Waals surface area contributed by atoms with E-state index in [0.717, 1.165) is 12.5 Å². The van der Waals surface area contributed by atoms with Crippen molar-refractivity contribution in [2.45, 2.75) is 37.8 Å². The molecule has 4 nitrogen and oxygen atoms in total. The van der Waals surface area contributed by atoms with Crippen LogP contribution in [0.4, 0.5) is 0 Å². The van der Waals surface area contributed by atoms with Crippen LogP contribution in [0.25, 0.3) is 0 Å². The Labute approximate surface area is 90.8 Å². The van der Waals surface area contributed by atoms with Crippen LogP contribution in [0.5, 0.6) is 0 Å². The van der Waals surface area contributed by atoms with E-state index in [9.17, 15) is 4.79 Å². The average Bonchev–Trinajstić information content (AvgIpc) is 2.77. The van der Waals surface area contributed by atoms with Crippen LogP contribution in [0, 0.1) is 5.92 Å². The molecule has 2 N–H and O–H groups in total. The number of rotatable bonds is 3. The van der Waals surface area contributed by atoms with Crippen LogP contribution in [0.15, 0.2) is 0 Å². The first-order valence-corrected chi connectivity index (χ1v) is 5.64. The fourth-order valence-electron chi connectivity index (χ4n) is 2.94. The fourth-order valence-corrected chi connectivity index (χ4v) is 2.94. The maximum absolute atomic E-state index is 11.5. The maximum Gasteiger partial charge on any atom is 0.326 e. The second-order valence-electron chi connectivity index (χ2n) is 5.17. The Morgan fingerprint density at radius 2 is 2.33 bits per heavy atom. The number of likely N-dealkylation sites (tertiary alicyclic amines) is 1. The van der Waals surface area contributed by atoms with Gasteiger partial charge in [0.2, 0.25) is 0 Å². The van der Waals surface area contributed by atoms with Crippen molar-refractivity contribution in [3.8, 4) is 0 Å². The normalized spacial score (nSPS) is 34.1. The molecule has 3 atom stereocenters. The lowest BCUT2D eigenvalue weighted by atomic mass is 10.0. The molecule has 2 rings (SSSR count). The van der Waals surface area contributed by atoms with E-state index >= 15 is 0 Å². The first-order valence-electron chi connectivity index (χ1n) is 5.64. The summed E-state index contributed by atoms with van der Waals surface area (Å²) in [5, 5.41) is 0. The Kier molecular flexibility index (Phi) is 2.73. The number of carbonyl (C=O) groups excluding carboxylic acids is 1. The van der Waals surface area contributed by atoms with Crippen molar-refractivity contribution >= 4 is 5.97 Å². The lowest BCUT2D eigenvalue weighted by Crippen LogP contribution is -2.55. The van der Waals surface area contributed by atoms with Crippen LogP contribution in [0.3, 0.4) is 0 Å². The Hall–Kier alpha value is -0.610. The highest BCUT2D eigenvalue weighted by molar-refractivity contribution is 5.80. The molecule has 2 aliphatic rings. The van der Waals surface area contributed by atoms with Crippen LogP contribution in [0.2, 0.25) is 0 Å². The molecule has 1 aliphatic heterocycles. The zero-order chi connectivity index (χ0) is 11.1. The second kappa shape index (κ2) is 3.76. The summed E-state index contributed by atoms with van der Waals surface area (Å²) in [4.78, 5) is 13.8. The van der Waals surface area contributed by atoms with Crippen molar-refractivity contribution in [3.63, 3.8) is 0 Å². The van der Waals surface area contributed by atoms with Crippen LogP contribution < -0.4 is 5.73 Å². The number of hydrogen-bond acceptors (Lipinski definition) is 4. The van der Waals surface area contributed by atoms with E-state index in [2.05, 4.69) is 4.90 Å². The summed E-state index contributed by atoms with van der Waals surface area (Å²) in [6.07, 6.45) is 3.90. The number of esters is 1. The van der Waals surface area contributed by atoms with Crippen molar-refractivity contribution in [2.75, 3.05) is 20.2 Å². The summed E-state index contributed by atoms with van der Waals surface area (Å²) in [6, 6.07) is 0.655. The smallest absolute Gasteiger partial charge is 0.326 e. The molecular formula is C11H20N2O2. The van der Waals surface area contributed by atoms with Gasteiger partial charge in [-0.1, -0.05) is 0 Å². The van der Waals surface area contributed by atoms with Gasteiger partial charge in [-0.25, -0.2) is 0 Å². The minimum absolute atomic E-state index is 0.315. The van der Waals surface area contributed by atoms with E-state index in [1.54, 1.807) is 6.92 Å². The van der Waals surface area contributed by atoms with Gasteiger partial charge in [-0.15, -0.1) is 0 Å². The minimum atomic E-state index is -0.862. The van der Waals surface area contributed by atoms with Crippen LogP contribution in [-0.4, -0.2) is 42.6 Å². The molecule has 0 amide bonds. The SMILES string of the molecule is COC(=O)C(C)(N)CN1CC2CCC1C2. The molecule has 2 bridgehead atoms. The quantitative estimate of drug-likeness (QED) is 0.686. The molecule has 1 saturated carbocycles. The van der Waals surface area contributed by atoms with Gasteiger partial charge in [0, 0.05) is 19.1 Å². The minimum Gasteiger partial charge on any atom is -0.468 e. The van der Waals surface area contributed by atoms with E-state index in [4.69, 9.17) is 10.5 Å². The molecule has 86 valence electrons. The summed E-state index contributed by atoms with van der Waals surface area (Å²) >= 11 is 0. The molecule has 3 unspecified atom stereocenters. The van der Waals surface area contributed by atoms with Crippen molar-refractivity contribution < 1.29 is 9.53 Å². The number of ether oxygens (including phenoxy) is 1. The molecule has 0 aromatic heterocycles. The molecular weight excluding hydrogens is 192 g/mol. The Balaban J connectivity index is 1.94. The van der Waals surface area contributed by atoms with Crippen molar-refractivity contribution in [1.29, 1.82) is 0 Å². The Bertz CT molecular complexity index is 265. The topological polar surface area (TPSA) is 55.6 Å². The second-order valence-corrected chi connectivity index (χ2v) is 5.17. The van der Waals surface area contributed by atoms with E-state index in [-0.39, 0.29) is 5.97 Å². The van der Waals surface area contributed by atoms with Gasteiger partial charge in [-0.05, 0) is 32.1 Å². The van der Waals surface area contributed by atoms with Crippen molar-refractivity contribution in [1.82, 2.24) is 4.90 Å². The van der Waals surface area contributed by atoms with Crippen molar-refractivity contribution in [3.05, 3.63) is 0 Å². The molecule has 0 spiro atoms. The summed E-state index contributed by atoms with van der Waals surface area (Å²) in [5.74, 6) is 0.522. The molecule has 0 radical (unpaired) electrons. The van der Waals surface area contributed by atoms with Gasteiger partial charge in [0.1, 0.15) is 5.54 Å². The lowest BCUT2D eigenvalue weighted by molar-refractivity contribution is -0.147. The number of piperidine rings is 1. The zero-order valence-corrected chi connectivity index (χ0v) is 9.53. The lowest BCUT2D eigenvalue weighted by Gasteiger charge is -2.33. The first-order chi connectivity index (χ1) is 7.03. The first kappa shape index (κ1) is 10.9. The monoisotopic (exact) mass is 212 g/mol. The van der Waals surface area contributed by atoms with Crippen LogP contribution in [0.1, 0.15) is 26.2 Å². The highest BCUT2D eigenvalue weighted by Crippen LogP contribution is 2.37. The van der Waals surface area contributed by atoms with Gasteiger partial charge in [-0.3, -0.25) is 9.69 Å². The Morgan fingerprint density at radius 1 is 1.60 bits per heavy atom. The van der Waals surface area contributed by atoms with E-state index in [1.165, 1.54) is 26.4 Å². The van der Waals surface area contributed by atoms with E-state index < -0.39 is 5.54 Å². The molecule has 2 fully saturated rings. The molecule has 0 aromatic rings. The average molecular weight is 212 g/mol. The van der Waals surface area contributed by atoms with E-state index in [1.807, 2.05) is 0 Å². The third-order valence-corrected chi connectivity index (χ3v) is 3.71. The highest BCUT2D eigenvalue weighted by atomic mass is 16.5. The third-order valence-electron chi connectivity index (χ3n) is 3.71. The molecule has 1 heterocycles. The number of nitrogens with zero attached hydrogens (tertiary/aromatic N) is 1. The van der Waals surface area contributed by atoms with Crippen LogP contribution in [-0.2, 0) is 9.53 Å². The number of carbonyl (C=O) groups is 1. The largest absolute Gasteiger partial charge is 0.468 e. The summed E-state index contributed by atoms with van der Waals surface area (Å²) in [7, 11) is 1.39. The molecule has 1 saturated heterocycles.